The summed E-state index contributed by atoms with van der Waals surface area (Å²) in [6.07, 6.45) is 2.51. The van der Waals surface area contributed by atoms with Crippen LogP contribution < -0.4 is 15.4 Å². The first kappa shape index (κ1) is 19.9. The molecule has 5 rings (SSSR count). The molecule has 1 fully saturated rings. The van der Waals surface area contributed by atoms with Crippen LogP contribution in [0.4, 0.5) is 26.1 Å². The molecule has 1 saturated heterocycles. The first-order valence-corrected chi connectivity index (χ1v) is 10.7. The van der Waals surface area contributed by atoms with E-state index in [1.807, 2.05) is 17.0 Å². The molecule has 5 heterocycles. The van der Waals surface area contributed by atoms with Gasteiger partial charge in [-0.25, -0.2) is 13.8 Å². The number of nitrogens with zero attached hydrogens (tertiary/aromatic N) is 5. The molecule has 0 N–H and O–H groups in total. The third-order valence-corrected chi connectivity index (χ3v) is 6.36. The summed E-state index contributed by atoms with van der Waals surface area (Å²) in [4.78, 5) is 26.2. The molecular formula is C23H25F2N5O. The second kappa shape index (κ2) is 7.59. The highest BCUT2D eigenvalue weighted by Crippen LogP contribution is 2.38. The third kappa shape index (κ3) is 3.34. The van der Waals surface area contributed by atoms with Gasteiger partial charge in [0.1, 0.15) is 11.6 Å². The van der Waals surface area contributed by atoms with Crippen molar-refractivity contribution in [1.29, 1.82) is 0 Å². The van der Waals surface area contributed by atoms with E-state index >= 15 is 0 Å². The van der Waals surface area contributed by atoms with Gasteiger partial charge in [-0.15, -0.1) is 0 Å². The lowest BCUT2D eigenvalue weighted by molar-refractivity contribution is 0.151. The zero-order valence-electron chi connectivity index (χ0n) is 17.7. The van der Waals surface area contributed by atoms with Crippen molar-refractivity contribution in [2.24, 2.45) is 7.05 Å². The van der Waals surface area contributed by atoms with Gasteiger partial charge in [-0.1, -0.05) is 0 Å². The minimum absolute atomic E-state index is 0.0438. The molecule has 8 heteroatoms. The number of aryl methyl sites for hydroxylation is 3. The number of alkyl halides is 2. The summed E-state index contributed by atoms with van der Waals surface area (Å²) >= 11 is 0. The third-order valence-electron chi connectivity index (χ3n) is 6.36. The zero-order valence-corrected chi connectivity index (χ0v) is 17.7. The summed E-state index contributed by atoms with van der Waals surface area (Å²) in [7, 11) is 1.77. The molecule has 0 aliphatic carbocycles. The van der Waals surface area contributed by atoms with Gasteiger partial charge in [-0.05, 0) is 44.7 Å². The molecule has 6 nitrogen and oxygen atoms in total. The molecular weight excluding hydrogens is 400 g/mol. The minimum atomic E-state index is -2.58. The van der Waals surface area contributed by atoms with Crippen molar-refractivity contribution in [3.05, 3.63) is 51.6 Å². The lowest BCUT2D eigenvalue weighted by atomic mass is 10.0. The molecule has 0 bridgehead atoms. The highest BCUT2D eigenvalue weighted by molar-refractivity contribution is 5.94. The van der Waals surface area contributed by atoms with Crippen LogP contribution in [-0.4, -0.2) is 34.2 Å². The first-order valence-electron chi connectivity index (χ1n) is 10.7. The molecule has 0 aromatic carbocycles. The van der Waals surface area contributed by atoms with Crippen LogP contribution in [0.1, 0.15) is 42.5 Å². The normalized spacial score (nSPS) is 16.4. The maximum atomic E-state index is 13.4. The second-order valence-corrected chi connectivity index (χ2v) is 8.41. The van der Waals surface area contributed by atoms with Gasteiger partial charge in [0.15, 0.2) is 0 Å². The van der Waals surface area contributed by atoms with Gasteiger partial charge in [-0.3, -0.25) is 9.78 Å². The maximum Gasteiger partial charge on any atom is 0.265 e. The summed E-state index contributed by atoms with van der Waals surface area (Å²) in [5, 5.41) is 0.845. The van der Waals surface area contributed by atoms with Crippen molar-refractivity contribution < 1.29 is 8.78 Å². The fourth-order valence-electron chi connectivity index (χ4n) is 4.69. The summed E-state index contributed by atoms with van der Waals surface area (Å²) in [6, 6.07) is 5.38. The molecule has 0 amide bonds. The highest BCUT2D eigenvalue weighted by atomic mass is 19.3. The molecule has 2 aliphatic rings. The Kier molecular flexibility index (Phi) is 4.87. The Morgan fingerprint density at radius 3 is 2.58 bits per heavy atom. The molecule has 3 aromatic heterocycles. The smallest absolute Gasteiger partial charge is 0.265 e. The maximum absolute atomic E-state index is 13.4. The van der Waals surface area contributed by atoms with E-state index in [-0.39, 0.29) is 11.1 Å². The molecule has 0 atom stereocenters. The van der Waals surface area contributed by atoms with Crippen LogP contribution in [0.2, 0.25) is 0 Å². The van der Waals surface area contributed by atoms with Crippen molar-refractivity contribution >= 4 is 28.2 Å². The lowest BCUT2D eigenvalue weighted by Gasteiger charge is -2.32. The Labute approximate surface area is 179 Å². The summed E-state index contributed by atoms with van der Waals surface area (Å²) < 4.78 is 28.5. The number of pyridine rings is 3. The van der Waals surface area contributed by atoms with Gasteiger partial charge in [0, 0.05) is 55.5 Å². The van der Waals surface area contributed by atoms with Gasteiger partial charge >= 0.3 is 0 Å². The van der Waals surface area contributed by atoms with E-state index in [0.29, 0.717) is 23.6 Å². The van der Waals surface area contributed by atoms with Crippen molar-refractivity contribution in [1.82, 2.24) is 14.5 Å². The summed E-state index contributed by atoms with van der Waals surface area (Å²) in [5.41, 5.74) is 2.78. The molecule has 3 aromatic rings. The Morgan fingerprint density at radius 2 is 1.84 bits per heavy atom. The quantitative estimate of drug-likeness (QED) is 0.628. The predicted octanol–water partition coefficient (Wildman–Crippen LogP) is 4.26. The van der Waals surface area contributed by atoms with Crippen molar-refractivity contribution in [3.63, 3.8) is 0 Å². The number of aromatic nitrogens is 3. The average molecular weight is 425 g/mol. The van der Waals surface area contributed by atoms with Crippen molar-refractivity contribution in [2.45, 2.75) is 39.0 Å². The second-order valence-electron chi connectivity index (χ2n) is 8.41. The number of fused-ring (bicyclic) bond motifs is 2. The van der Waals surface area contributed by atoms with Crippen LogP contribution in [0.25, 0.3) is 10.9 Å². The SMILES string of the molecule is Cc1cc2c(N3CCCc4ncc(C(F)F)cc43)nc(N3CCCC3)cc2n(C)c1=O. The van der Waals surface area contributed by atoms with Gasteiger partial charge in [0.25, 0.3) is 12.0 Å². The number of hydrogen-bond donors (Lipinski definition) is 0. The summed E-state index contributed by atoms with van der Waals surface area (Å²) in [6.45, 7) is 4.30. The van der Waals surface area contributed by atoms with Crippen LogP contribution in [0.5, 0.6) is 0 Å². The van der Waals surface area contributed by atoms with E-state index < -0.39 is 6.43 Å². The zero-order chi connectivity index (χ0) is 21.7. The van der Waals surface area contributed by atoms with E-state index in [9.17, 15) is 13.6 Å². The monoisotopic (exact) mass is 425 g/mol. The van der Waals surface area contributed by atoms with E-state index in [4.69, 9.17) is 4.98 Å². The Balaban J connectivity index is 1.77. The van der Waals surface area contributed by atoms with E-state index in [0.717, 1.165) is 61.2 Å². The molecule has 0 saturated carbocycles. The Hall–Kier alpha value is -3.03. The number of hydrogen-bond acceptors (Lipinski definition) is 5. The molecule has 0 unspecified atom stereocenters. The lowest BCUT2D eigenvalue weighted by Crippen LogP contribution is -2.29. The number of rotatable bonds is 3. The molecule has 162 valence electrons. The largest absolute Gasteiger partial charge is 0.356 e. The molecule has 0 spiro atoms. The molecule has 0 radical (unpaired) electrons. The van der Waals surface area contributed by atoms with Gasteiger partial charge in [-0.2, -0.15) is 0 Å². The van der Waals surface area contributed by atoms with E-state index in [1.165, 1.54) is 12.3 Å². The van der Waals surface area contributed by atoms with Crippen molar-refractivity contribution in [3.8, 4) is 0 Å². The Bertz CT molecular complexity index is 1220. The Morgan fingerprint density at radius 1 is 1.06 bits per heavy atom. The van der Waals surface area contributed by atoms with Crippen LogP contribution in [0.3, 0.4) is 0 Å². The van der Waals surface area contributed by atoms with E-state index in [1.54, 1.807) is 18.5 Å². The number of anilines is 3. The topological polar surface area (TPSA) is 54.3 Å². The van der Waals surface area contributed by atoms with E-state index in [2.05, 4.69) is 9.88 Å². The fraction of sp³-hybridized carbons (Fsp3) is 0.435. The molecule has 31 heavy (non-hydrogen) atoms. The number of halogens is 2. The van der Waals surface area contributed by atoms with Gasteiger partial charge in [0.2, 0.25) is 0 Å². The van der Waals surface area contributed by atoms with Crippen molar-refractivity contribution in [2.75, 3.05) is 29.4 Å². The van der Waals surface area contributed by atoms with Crippen LogP contribution in [0, 0.1) is 6.92 Å². The predicted molar refractivity (Wildman–Crippen MR) is 118 cm³/mol. The average Bonchev–Trinajstić information content (AvgIpc) is 3.31. The standard InChI is InChI=1S/C23H25F2N5O/c1-14-10-16-18(28(2)23(14)31)12-20(29-7-3-4-8-29)27-22(16)30-9-5-6-17-19(30)11-15(13-26-17)21(24)25/h10-13,21H,3-9H2,1-2H3. The first-order chi connectivity index (χ1) is 14.9. The highest BCUT2D eigenvalue weighted by Gasteiger charge is 2.26. The minimum Gasteiger partial charge on any atom is -0.356 e. The van der Waals surface area contributed by atoms with Gasteiger partial charge in [0.05, 0.1) is 16.9 Å². The van der Waals surface area contributed by atoms with Crippen LogP contribution in [-0.2, 0) is 13.5 Å². The molecule has 2 aliphatic heterocycles. The van der Waals surface area contributed by atoms with Gasteiger partial charge < -0.3 is 14.4 Å². The summed E-state index contributed by atoms with van der Waals surface area (Å²) in [5.74, 6) is 1.52. The fourth-order valence-corrected chi connectivity index (χ4v) is 4.69. The van der Waals surface area contributed by atoms with Crippen LogP contribution >= 0.6 is 0 Å². The van der Waals surface area contributed by atoms with Crippen LogP contribution in [0.15, 0.2) is 29.2 Å².